The summed E-state index contributed by atoms with van der Waals surface area (Å²) >= 11 is 0. The van der Waals surface area contributed by atoms with Crippen LogP contribution in [0.2, 0.25) is 0 Å². The third-order valence-corrected chi connectivity index (χ3v) is 2.08. The van der Waals surface area contributed by atoms with Crippen molar-refractivity contribution in [3.8, 4) is 0 Å². The van der Waals surface area contributed by atoms with E-state index in [1.165, 1.54) is 32.0 Å². The monoisotopic (exact) mass is 206 g/mol. The molecule has 0 aromatic heterocycles. The Morgan fingerprint density at radius 2 is 1.86 bits per heavy atom. The molecular formula is C10H12FNaO2. The van der Waals surface area contributed by atoms with E-state index in [0.29, 0.717) is 0 Å². The third-order valence-electron chi connectivity index (χ3n) is 2.08. The predicted molar refractivity (Wildman–Crippen MR) is 54.2 cm³/mol. The van der Waals surface area contributed by atoms with Crippen LogP contribution in [0.1, 0.15) is 19.4 Å². The molecule has 0 amide bonds. The van der Waals surface area contributed by atoms with E-state index in [0.717, 1.165) is 0 Å². The molecule has 0 spiro atoms. The second kappa shape index (κ2) is 4.91. The molecule has 1 aromatic rings. The Morgan fingerprint density at radius 3 is 2.29 bits per heavy atom. The topological polar surface area (TPSA) is 37.3 Å². The second-order valence-electron chi connectivity index (χ2n) is 3.41. The Bertz CT molecular complexity index is 337. The molecule has 0 aliphatic heterocycles. The zero-order valence-electron chi connectivity index (χ0n) is 7.54. The number of aliphatic carboxylic acids is 1. The van der Waals surface area contributed by atoms with Crippen LogP contribution in [0.15, 0.2) is 24.3 Å². The summed E-state index contributed by atoms with van der Waals surface area (Å²) in [4.78, 5) is 10.8. The van der Waals surface area contributed by atoms with Crippen LogP contribution >= 0.6 is 0 Å². The van der Waals surface area contributed by atoms with Crippen molar-refractivity contribution in [3.05, 3.63) is 35.6 Å². The molecule has 1 rings (SSSR count). The fraction of sp³-hybridized carbons (Fsp3) is 0.300. The summed E-state index contributed by atoms with van der Waals surface area (Å²) in [6, 6.07) is 5.92. The molecule has 72 valence electrons. The SMILES string of the molecule is CC(C)(C(=O)O)c1ccccc1F.[NaH]. The summed E-state index contributed by atoms with van der Waals surface area (Å²) in [5, 5.41) is 8.85. The van der Waals surface area contributed by atoms with E-state index in [9.17, 15) is 9.18 Å². The first-order chi connectivity index (χ1) is 5.96. The maximum absolute atomic E-state index is 13.2. The number of carboxylic acid groups (broad SMARTS) is 1. The molecule has 0 aliphatic carbocycles. The Balaban J connectivity index is 0.00000169. The van der Waals surface area contributed by atoms with E-state index in [1.54, 1.807) is 6.07 Å². The zero-order chi connectivity index (χ0) is 10.1. The van der Waals surface area contributed by atoms with Gasteiger partial charge >= 0.3 is 35.5 Å². The van der Waals surface area contributed by atoms with E-state index in [4.69, 9.17) is 5.11 Å². The van der Waals surface area contributed by atoms with Crippen molar-refractivity contribution in [3.63, 3.8) is 0 Å². The van der Waals surface area contributed by atoms with Crippen molar-refractivity contribution in [1.82, 2.24) is 0 Å². The molecule has 0 saturated heterocycles. The summed E-state index contributed by atoms with van der Waals surface area (Å²) in [5.41, 5.74) is -0.965. The molecule has 0 bridgehead atoms. The van der Waals surface area contributed by atoms with Crippen molar-refractivity contribution >= 4 is 35.5 Å². The number of halogens is 1. The van der Waals surface area contributed by atoms with E-state index < -0.39 is 17.2 Å². The number of rotatable bonds is 2. The summed E-state index contributed by atoms with van der Waals surface area (Å²) in [5.74, 6) is -1.51. The van der Waals surface area contributed by atoms with Crippen LogP contribution in [-0.2, 0) is 10.2 Å². The van der Waals surface area contributed by atoms with Crippen molar-refractivity contribution < 1.29 is 14.3 Å². The quantitative estimate of drug-likeness (QED) is 0.745. The van der Waals surface area contributed by atoms with Crippen LogP contribution < -0.4 is 0 Å². The normalized spacial score (nSPS) is 10.5. The molecule has 0 saturated carbocycles. The summed E-state index contributed by atoms with van der Waals surface area (Å²) in [7, 11) is 0. The number of carboxylic acids is 1. The number of benzene rings is 1. The minimum atomic E-state index is -1.18. The van der Waals surface area contributed by atoms with Gasteiger partial charge in [-0.3, -0.25) is 4.79 Å². The van der Waals surface area contributed by atoms with Crippen LogP contribution in [-0.4, -0.2) is 40.6 Å². The van der Waals surface area contributed by atoms with Gasteiger partial charge in [-0.15, -0.1) is 0 Å². The van der Waals surface area contributed by atoms with Crippen molar-refractivity contribution in [2.24, 2.45) is 0 Å². The van der Waals surface area contributed by atoms with Gasteiger partial charge in [0.05, 0.1) is 5.41 Å². The summed E-state index contributed by atoms with van der Waals surface area (Å²) in [6.07, 6.45) is 0. The van der Waals surface area contributed by atoms with Crippen molar-refractivity contribution in [1.29, 1.82) is 0 Å². The first kappa shape index (κ1) is 13.6. The molecule has 1 N–H and O–H groups in total. The number of hydrogen-bond donors (Lipinski definition) is 1. The van der Waals surface area contributed by atoms with Gasteiger partial charge in [-0.2, -0.15) is 0 Å². The van der Waals surface area contributed by atoms with Crippen molar-refractivity contribution in [2.75, 3.05) is 0 Å². The third kappa shape index (κ3) is 2.56. The molecule has 14 heavy (non-hydrogen) atoms. The Hall–Kier alpha value is -0.380. The van der Waals surface area contributed by atoms with Crippen LogP contribution in [0.5, 0.6) is 0 Å². The van der Waals surface area contributed by atoms with E-state index in [-0.39, 0.29) is 35.1 Å². The standard InChI is InChI=1S/C10H11FO2.Na.H/c1-10(2,9(12)13)7-5-3-4-6-8(7)11;;/h3-6H,1-2H3,(H,12,13);;. The van der Waals surface area contributed by atoms with Gasteiger partial charge in [0.15, 0.2) is 0 Å². The average Bonchev–Trinajstić information content (AvgIpc) is 2.04. The van der Waals surface area contributed by atoms with E-state index in [2.05, 4.69) is 0 Å². The molecule has 0 atom stereocenters. The fourth-order valence-corrected chi connectivity index (χ4v) is 1.08. The number of carbonyl (C=O) groups is 1. The van der Waals surface area contributed by atoms with Gasteiger partial charge in [0.25, 0.3) is 0 Å². The van der Waals surface area contributed by atoms with Crippen LogP contribution in [0.25, 0.3) is 0 Å². The minimum absolute atomic E-state index is 0. The molecular weight excluding hydrogens is 194 g/mol. The Kier molecular flexibility index (Phi) is 4.78. The summed E-state index contributed by atoms with van der Waals surface area (Å²) in [6.45, 7) is 2.96. The summed E-state index contributed by atoms with van der Waals surface area (Å²) < 4.78 is 13.2. The van der Waals surface area contributed by atoms with Gasteiger partial charge in [-0.1, -0.05) is 18.2 Å². The fourth-order valence-electron chi connectivity index (χ4n) is 1.08. The van der Waals surface area contributed by atoms with Crippen LogP contribution in [0.4, 0.5) is 4.39 Å². The van der Waals surface area contributed by atoms with Gasteiger partial charge in [0.1, 0.15) is 5.82 Å². The molecule has 0 heterocycles. The molecule has 4 heteroatoms. The maximum atomic E-state index is 13.2. The van der Waals surface area contributed by atoms with E-state index >= 15 is 0 Å². The van der Waals surface area contributed by atoms with Crippen molar-refractivity contribution in [2.45, 2.75) is 19.3 Å². The molecule has 0 aliphatic rings. The van der Waals surface area contributed by atoms with Gasteiger partial charge < -0.3 is 5.11 Å². The van der Waals surface area contributed by atoms with Crippen LogP contribution in [0.3, 0.4) is 0 Å². The molecule has 2 nitrogen and oxygen atoms in total. The average molecular weight is 206 g/mol. The van der Waals surface area contributed by atoms with Crippen LogP contribution in [0, 0.1) is 5.82 Å². The molecule has 0 radical (unpaired) electrons. The Morgan fingerprint density at radius 1 is 1.36 bits per heavy atom. The van der Waals surface area contributed by atoms with Gasteiger partial charge in [0.2, 0.25) is 0 Å². The van der Waals surface area contributed by atoms with Gasteiger partial charge in [-0.05, 0) is 19.9 Å². The Labute approximate surface area is 104 Å². The molecule has 0 unspecified atom stereocenters. The molecule has 1 aromatic carbocycles. The second-order valence-corrected chi connectivity index (χ2v) is 3.41. The van der Waals surface area contributed by atoms with E-state index in [1.807, 2.05) is 0 Å². The first-order valence-electron chi connectivity index (χ1n) is 3.94. The van der Waals surface area contributed by atoms with Gasteiger partial charge in [-0.25, -0.2) is 4.39 Å². The molecule has 0 fully saturated rings. The predicted octanol–water partition coefficient (Wildman–Crippen LogP) is 1.54. The number of hydrogen-bond acceptors (Lipinski definition) is 1. The first-order valence-corrected chi connectivity index (χ1v) is 3.94. The van der Waals surface area contributed by atoms with Gasteiger partial charge in [0, 0.05) is 5.56 Å². The zero-order valence-corrected chi connectivity index (χ0v) is 7.54.